The smallest absolute Gasteiger partial charge is 0.122 e. The predicted octanol–water partition coefficient (Wildman–Crippen LogP) is 0.937. The highest BCUT2D eigenvalue weighted by molar-refractivity contribution is 5.04. The number of likely N-dealkylation sites (tertiary alicyclic amines) is 1. The summed E-state index contributed by atoms with van der Waals surface area (Å²) in [5, 5.41) is 7.72. The second kappa shape index (κ2) is 4.93. The van der Waals surface area contributed by atoms with Gasteiger partial charge in [-0.25, -0.2) is 4.63 Å². The number of aromatic nitrogens is 2. The Morgan fingerprint density at radius 1 is 1.50 bits per heavy atom. The number of rotatable bonds is 3. The van der Waals surface area contributed by atoms with E-state index in [1.807, 2.05) is 6.92 Å². The fourth-order valence-electron chi connectivity index (χ4n) is 2.31. The van der Waals surface area contributed by atoms with E-state index in [2.05, 4.69) is 22.1 Å². The van der Waals surface area contributed by atoms with E-state index in [1.165, 1.54) is 0 Å². The molecule has 1 fully saturated rings. The van der Waals surface area contributed by atoms with Crippen LogP contribution in [0.2, 0.25) is 0 Å². The van der Waals surface area contributed by atoms with Crippen LogP contribution in [0.15, 0.2) is 4.63 Å². The number of hydrogen-bond acceptors (Lipinski definition) is 5. The fraction of sp³-hybridized carbons (Fsp3) is 0.818. The van der Waals surface area contributed by atoms with Crippen LogP contribution in [0, 0.1) is 12.8 Å². The molecular weight excluding hydrogens is 204 g/mol. The Balaban J connectivity index is 1.94. The van der Waals surface area contributed by atoms with Gasteiger partial charge >= 0.3 is 0 Å². The lowest BCUT2D eigenvalue weighted by Gasteiger charge is -2.36. The van der Waals surface area contributed by atoms with Crippen molar-refractivity contribution >= 4 is 0 Å². The SMILES string of the molecule is CCC1CN(Cc2nonc2C)CCC1N. The minimum atomic E-state index is 0.359. The van der Waals surface area contributed by atoms with Gasteiger partial charge in [-0.2, -0.15) is 0 Å². The molecule has 0 aliphatic carbocycles. The van der Waals surface area contributed by atoms with Crippen LogP contribution in [-0.4, -0.2) is 34.3 Å². The Hall–Kier alpha value is -0.940. The first-order chi connectivity index (χ1) is 7.70. The predicted molar refractivity (Wildman–Crippen MR) is 60.7 cm³/mol. The lowest BCUT2D eigenvalue weighted by atomic mass is 9.90. The van der Waals surface area contributed by atoms with Gasteiger partial charge in [-0.3, -0.25) is 4.90 Å². The zero-order valence-corrected chi connectivity index (χ0v) is 10.0. The average molecular weight is 224 g/mol. The van der Waals surface area contributed by atoms with Crippen molar-refractivity contribution in [3.05, 3.63) is 11.4 Å². The van der Waals surface area contributed by atoms with Gasteiger partial charge in [-0.15, -0.1) is 0 Å². The summed E-state index contributed by atoms with van der Waals surface area (Å²) in [5.74, 6) is 0.605. The molecule has 5 heteroatoms. The largest absolute Gasteiger partial charge is 0.327 e. The Morgan fingerprint density at radius 3 is 2.94 bits per heavy atom. The van der Waals surface area contributed by atoms with Gasteiger partial charge in [0, 0.05) is 25.7 Å². The van der Waals surface area contributed by atoms with Crippen LogP contribution in [0.4, 0.5) is 0 Å². The highest BCUT2D eigenvalue weighted by Crippen LogP contribution is 2.20. The van der Waals surface area contributed by atoms with Gasteiger partial charge in [-0.05, 0) is 19.3 Å². The number of piperidine rings is 1. The fourth-order valence-corrected chi connectivity index (χ4v) is 2.31. The molecule has 0 saturated carbocycles. The van der Waals surface area contributed by atoms with Crippen LogP contribution in [0.5, 0.6) is 0 Å². The van der Waals surface area contributed by atoms with E-state index < -0.39 is 0 Å². The zero-order valence-electron chi connectivity index (χ0n) is 10.0. The van der Waals surface area contributed by atoms with Crippen LogP contribution in [-0.2, 0) is 6.54 Å². The van der Waals surface area contributed by atoms with Crippen LogP contribution in [0.25, 0.3) is 0 Å². The molecule has 0 amide bonds. The first kappa shape index (κ1) is 11.5. The van der Waals surface area contributed by atoms with Gasteiger partial charge in [0.2, 0.25) is 0 Å². The summed E-state index contributed by atoms with van der Waals surface area (Å²) in [6.07, 6.45) is 2.22. The number of hydrogen-bond donors (Lipinski definition) is 1. The van der Waals surface area contributed by atoms with Crippen molar-refractivity contribution in [1.82, 2.24) is 15.2 Å². The summed E-state index contributed by atoms with van der Waals surface area (Å²) >= 11 is 0. The second-order valence-corrected chi connectivity index (χ2v) is 4.65. The van der Waals surface area contributed by atoms with Gasteiger partial charge in [0.05, 0.1) is 0 Å². The molecule has 2 atom stereocenters. The first-order valence-electron chi connectivity index (χ1n) is 5.96. The maximum atomic E-state index is 6.08. The normalized spacial score (nSPS) is 27.2. The minimum absolute atomic E-state index is 0.359. The zero-order chi connectivity index (χ0) is 11.5. The average Bonchev–Trinajstić information content (AvgIpc) is 2.67. The van der Waals surface area contributed by atoms with Crippen LogP contribution in [0.3, 0.4) is 0 Å². The van der Waals surface area contributed by atoms with E-state index in [0.29, 0.717) is 12.0 Å². The molecule has 2 unspecified atom stereocenters. The summed E-state index contributed by atoms with van der Waals surface area (Å²) in [5.41, 5.74) is 7.92. The Morgan fingerprint density at radius 2 is 2.31 bits per heavy atom. The van der Waals surface area contributed by atoms with E-state index in [4.69, 9.17) is 10.4 Å². The molecular formula is C11H20N4O. The maximum absolute atomic E-state index is 6.08. The highest BCUT2D eigenvalue weighted by Gasteiger charge is 2.26. The van der Waals surface area contributed by atoms with E-state index >= 15 is 0 Å². The molecule has 1 aromatic rings. The Bertz CT molecular complexity index is 338. The van der Waals surface area contributed by atoms with Crippen molar-refractivity contribution < 1.29 is 4.63 Å². The van der Waals surface area contributed by atoms with E-state index in [0.717, 1.165) is 43.9 Å². The van der Waals surface area contributed by atoms with Crippen molar-refractivity contribution in [3.63, 3.8) is 0 Å². The molecule has 1 saturated heterocycles. The van der Waals surface area contributed by atoms with Crippen molar-refractivity contribution in [2.24, 2.45) is 11.7 Å². The lowest BCUT2D eigenvalue weighted by Crippen LogP contribution is -2.46. The molecule has 2 N–H and O–H groups in total. The highest BCUT2D eigenvalue weighted by atomic mass is 16.6. The lowest BCUT2D eigenvalue weighted by molar-refractivity contribution is 0.142. The quantitative estimate of drug-likeness (QED) is 0.827. The van der Waals surface area contributed by atoms with Gasteiger partial charge in [0.15, 0.2) is 0 Å². The van der Waals surface area contributed by atoms with Crippen molar-refractivity contribution in [3.8, 4) is 0 Å². The summed E-state index contributed by atoms with van der Waals surface area (Å²) in [4.78, 5) is 2.39. The van der Waals surface area contributed by atoms with E-state index in [9.17, 15) is 0 Å². The number of nitrogens with zero attached hydrogens (tertiary/aromatic N) is 3. The van der Waals surface area contributed by atoms with Crippen LogP contribution in [0.1, 0.15) is 31.2 Å². The third-order valence-corrected chi connectivity index (χ3v) is 3.52. The van der Waals surface area contributed by atoms with E-state index in [1.54, 1.807) is 0 Å². The van der Waals surface area contributed by atoms with Gasteiger partial charge in [0.1, 0.15) is 11.4 Å². The standard InChI is InChI=1S/C11H20N4O/c1-3-9-6-15(5-4-10(9)12)7-11-8(2)13-16-14-11/h9-10H,3-7,12H2,1-2H3. The topological polar surface area (TPSA) is 68.2 Å². The second-order valence-electron chi connectivity index (χ2n) is 4.65. The molecule has 1 aromatic heterocycles. The Labute approximate surface area is 95.9 Å². The maximum Gasteiger partial charge on any atom is 0.122 e. The molecule has 2 heterocycles. The molecule has 5 nitrogen and oxygen atoms in total. The minimum Gasteiger partial charge on any atom is -0.327 e. The molecule has 16 heavy (non-hydrogen) atoms. The van der Waals surface area contributed by atoms with Crippen LogP contribution < -0.4 is 5.73 Å². The monoisotopic (exact) mass is 224 g/mol. The molecule has 2 rings (SSSR count). The third kappa shape index (κ3) is 2.41. The van der Waals surface area contributed by atoms with Crippen molar-refractivity contribution in [1.29, 1.82) is 0 Å². The van der Waals surface area contributed by atoms with Crippen molar-refractivity contribution in [2.75, 3.05) is 13.1 Å². The molecule has 0 radical (unpaired) electrons. The molecule has 0 bridgehead atoms. The molecule has 0 spiro atoms. The van der Waals surface area contributed by atoms with Gasteiger partial charge in [-0.1, -0.05) is 23.7 Å². The van der Waals surface area contributed by atoms with Crippen molar-refractivity contribution in [2.45, 2.75) is 39.3 Å². The number of nitrogens with two attached hydrogens (primary N) is 1. The molecule has 1 aliphatic heterocycles. The number of aryl methyl sites for hydroxylation is 1. The third-order valence-electron chi connectivity index (χ3n) is 3.52. The molecule has 1 aliphatic rings. The van der Waals surface area contributed by atoms with Gasteiger partial charge < -0.3 is 5.73 Å². The summed E-state index contributed by atoms with van der Waals surface area (Å²) in [7, 11) is 0. The molecule has 0 aromatic carbocycles. The van der Waals surface area contributed by atoms with Gasteiger partial charge in [0.25, 0.3) is 0 Å². The summed E-state index contributed by atoms with van der Waals surface area (Å²) in [6, 6.07) is 0.359. The van der Waals surface area contributed by atoms with Crippen LogP contribution >= 0.6 is 0 Å². The van der Waals surface area contributed by atoms with E-state index in [-0.39, 0.29) is 0 Å². The molecule has 90 valence electrons. The summed E-state index contributed by atoms with van der Waals surface area (Å²) < 4.78 is 4.71. The Kier molecular flexibility index (Phi) is 3.56. The summed E-state index contributed by atoms with van der Waals surface area (Å²) in [6.45, 7) is 7.07. The first-order valence-corrected chi connectivity index (χ1v) is 5.96.